The standard InChI is InChI=1S/C22H20BrFN2O2/c1-14-10-12-25(13-11-14)20-19(15-2-6-17(24)7-3-15)21(27)26(22(20)28)18-8-4-16(23)5-9-18/h2-9,14H,10-13H2,1H3. The SMILES string of the molecule is CC1CCN(C2=C(c3ccc(F)cc3)C(=O)N(c3ccc(Br)cc3)C2=O)CC1. The molecular weight excluding hydrogens is 423 g/mol. The maximum atomic E-state index is 13.4. The summed E-state index contributed by atoms with van der Waals surface area (Å²) in [4.78, 5) is 29.9. The van der Waals surface area contributed by atoms with Gasteiger partial charge in [0.15, 0.2) is 0 Å². The van der Waals surface area contributed by atoms with E-state index in [9.17, 15) is 14.0 Å². The van der Waals surface area contributed by atoms with Gasteiger partial charge in [0, 0.05) is 17.6 Å². The first kappa shape index (κ1) is 18.9. The molecule has 2 aliphatic rings. The smallest absolute Gasteiger partial charge is 0.282 e. The third-order valence-corrected chi connectivity index (χ3v) is 5.91. The van der Waals surface area contributed by atoms with E-state index < -0.39 is 0 Å². The first-order valence-corrected chi connectivity index (χ1v) is 10.1. The lowest BCUT2D eigenvalue weighted by atomic mass is 9.97. The normalized spacial score (nSPS) is 18.4. The molecule has 144 valence electrons. The van der Waals surface area contributed by atoms with Crippen LogP contribution in [0.25, 0.3) is 5.57 Å². The number of imide groups is 1. The fourth-order valence-corrected chi connectivity index (χ4v) is 4.01. The van der Waals surface area contributed by atoms with Gasteiger partial charge in [-0.25, -0.2) is 9.29 Å². The molecule has 0 atom stereocenters. The van der Waals surface area contributed by atoms with E-state index >= 15 is 0 Å². The summed E-state index contributed by atoms with van der Waals surface area (Å²) in [7, 11) is 0. The summed E-state index contributed by atoms with van der Waals surface area (Å²) in [6.45, 7) is 3.66. The average molecular weight is 443 g/mol. The highest BCUT2D eigenvalue weighted by Crippen LogP contribution is 2.36. The molecule has 0 radical (unpaired) electrons. The van der Waals surface area contributed by atoms with Crippen LogP contribution in [-0.2, 0) is 9.59 Å². The summed E-state index contributed by atoms with van der Waals surface area (Å²) < 4.78 is 14.3. The average Bonchev–Trinajstić information content (AvgIpc) is 2.94. The van der Waals surface area contributed by atoms with Crippen LogP contribution in [0, 0.1) is 11.7 Å². The molecule has 2 aromatic rings. The second-order valence-corrected chi connectivity index (χ2v) is 8.24. The molecule has 0 N–H and O–H groups in total. The van der Waals surface area contributed by atoms with Crippen LogP contribution >= 0.6 is 15.9 Å². The molecule has 6 heteroatoms. The summed E-state index contributed by atoms with van der Waals surface area (Å²) in [5.41, 5.74) is 1.86. The van der Waals surface area contributed by atoms with Crippen LogP contribution in [-0.4, -0.2) is 29.8 Å². The molecule has 0 aliphatic carbocycles. The first-order valence-electron chi connectivity index (χ1n) is 9.35. The van der Waals surface area contributed by atoms with Gasteiger partial charge in [0.2, 0.25) is 0 Å². The van der Waals surface area contributed by atoms with Crippen LogP contribution in [0.3, 0.4) is 0 Å². The third-order valence-electron chi connectivity index (χ3n) is 5.38. The summed E-state index contributed by atoms with van der Waals surface area (Å²) in [5.74, 6) is -0.464. The molecular formula is C22H20BrFN2O2. The number of amides is 2. The van der Waals surface area contributed by atoms with Crippen LogP contribution in [0.2, 0.25) is 0 Å². The van der Waals surface area contributed by atoms with Crippen molar-refractivity contribution in [3.8, 4) is 0 Å². The van der Waals surface area contributed by atoms with Crippen molar-refractivity contribution in [1.29, 1.82) is 0 Å². The quantitative estimate of drug-likeness (QED) is 0.651. The minimum Gasteiger partial charge on any atom is -0.366 e. The Morgan fingerprint density at radius 1 is 0.929 bits per heavy atom. The van der Waals surface area contributed by atoms with Crippen LogP contribution in [0.1, 0.15) is 25.3 Å². The van der Waals surface area contributed by atoms with Gasteiger partial charge in [-0.1, -0.05) is 35.0 Å². The Kier molecular flexibility index (Phi) is 5.06. The van der Waals surface area contributed by atoms with Crippen molar-refractivity contribution in [2.45, 2.75) is 19.8 Å². The van der Waals surface area contributed by atoms with Crippen molar-refractivity contribution in [2.24, 2.45) is 5.92 Å². The summed E-state index contributed by atoms with van der Waals surface area (Å²) in [6, 6.07) is 12.8. The molecule has 0 unspecified atom stereocenters. The van der Waals surface area contributed by atoms with Crippen LogP contribution in [0.4, 0.5) is 10.1 Å². The second kappa shape index (κ2) is 7.51. The number of hydrogen-bond acceptors (Lipinski definition) is 3. The number of carbonyl (C=O) groups is 2. The van der Waals surface area contributed by atoms with Crippen molar-refractivity contribution in [3.63, 3.8) is 0 Å². The van der Waals surface area contributed by atoms with Gasteiger partial charge in [0.05, 0.1) is 11.3 Å². The Bertz CT molecular complexity index is 946. The predicted molar refractivity (Wildman–Crippen MR) is 110 cm³/mol. The Hall–Kier alpha value is -2.47. The Morgan fingerprint density at radius 3 is 2.14 bits per heavy atom. The number of piperidine rings is 1. The van der Waals surface area contributed by atoms with E-state index in [2.05, 4.69) is 22.9 Å². The monoisotopic (exact) mass is 442 g/mol. The largest absolute Gasteiger partial charge is 0.366 e. The van der Waals surface area contributed by atoms with Crippen LogP contribution in [0.5, 0.6) is 0 Å². The molecule has 0 bridgehead atoms. The van der Waals surface area contributed by atoms with Crippen LogP contribution in [0.15, 0.2) is 58.7 Å². The number of hydrogen-bond donors (Lipinski definition) is 0. The minimum atomic E-state index is -0.376. The van der Waals surface area contributed by atoms with E-state index in [1.807, 2.05) is 4.90 Å². The summed E-state index contributed by atoms with van der Waals surface area (Å²) in [5, 5.41) is 0. The molecule has 2 aliphatic heterocycles. The maximum absolute atomic E-state index is 13.4. The number of nitrogens with zero attached hydrogens (tertiary/aromatic N) is 2. The van der Waals surface area contributed by atoms with E-state index in [-0.39, 0.29) is 17.6 Å². The highest BCUT2D eigenvalue weighted by molar-refractivity contribution is 9.10. The molecule has 0 aromatic heterocycles. The number of carbonyl (C=O) groups excluding carboxylic acids is 2. The number of anilines is 1. The molecule has 4 nitrogen and oxygen atoms in total. The zero-order valence-electron chi connectivity index (χ0n) is 15.5. The van der Waals surface area contributed by atoms with Gasteiger partial charge < -0.3 is 4.90 Å². The van der Waals surface area contributed by atoms with Gasteiger partial charge in [0.25, 0.3) is 11.8 Å². The fourth-order valence-electron chi connectivity index (χ4n) is 3.75. The topological polar surface area (TPSA) is 40.6 Å². The molecule has 2 aromatic carbocycles. The van der Waals surface area contributed by atoms with Crippen molar-refractivity contribution in [1.82, 2.24) is 4.90 Å². The molecule has 1 fully saturated rings. The fraction of sp³-hybridized carbons (Fsp3) is 0.273. The lowest BCUT2D eigenvalue weighted by molar-refractivity contribution is -0.120. The number of halogens is 2. The Labute approximate surface area is 171 Å². The van der Waals surface area contributed by atoms with Gasteiger partial charge in [0.1, 0.15) is 11.5 Å². The van der Waals surface area contributed by atoms with Gasteiger partial charge >= 0.3 is 0 Å². The maximum Gasteiger partial charge on any atom is 0.282 e. The van der Waals surface area contributed by atoms with Gasteiger partial charge in [-0.3, -0.25) is 9.59 Å². The molecule has 0 spiro atoms. The minimum absolute atomic E-state index is 0.318. The van der Waals surface area contributed by atoms with E-state index in [1.165, 1.54) is 17.0 Å². The molecule has 28 heavy (non-hydrogen) atoms. The molecule has 4 rings (SSSR count). The first-order chi connectivity index (χ1) is 13.5. The zero-order valence-corrected chi connectivity index (χ0v) is 17.1. The van der Waals surface area contributed by atoms with E-state index in [4.69, 9.17) is 0 Å². The lowest BCUT2D eigenvalue weighted by Gasteiger charge is -2.32. The Morgan fingerprint density at radius 2 is 1.54 bits per heavy atom. The van der Waals surface area contributed by atoms with Gasteiger partial charge in [-0.2, -0.15) is 0 Å². The van der Waals surface area contributed by atoms with E-state index in [1.54, 1.807) is 36.4 Å². The van der Waals surface area contributed by atoms with Gasteiger partial charge in [-0.15, -0.1) is 0 Å². The lowest BCUT2D eigenvalue weighted by Crippen LogP contribution is -2.38. The molecule has 2 amide bonds. The molecule has 1 saturated heterocycles. The van der Waals surface area contributed by atoms with E-state index in [0.29, 0.717) is 28.4 Å². The van der Waals surface area contributed by atoms with E-state index in [0.717, 1.165) is 30.4 Å². The molecule has 0 saturated carbocycles. The van der Waals surface area contributed by atoms with Crippen molar-refractivity contribution in [3.05, 3.63) is 70.1 Å². The highest BCUT2D eigenvalue weighted by Gasteiger charge is 2.42. The Balaban J connectivity index is 1.79. The number of likely N-dealkylation sites (tertiary alicyclic amines) is 1. The second-order valence-electron chi connectivity index (χ2n) is 7.32. The number of rotatable bonds is 3. The van der Waals surface area contributed by atoms with Crippen LogP contribution < -0.4 is 4.90 Å². The van der Waals surface area contributed by atoms with Crippen molar-refractivity contribution in [2.75, 3.05) is 18.0 Å². The summed E-state index contributed by atoms with van der Waals surface area (Å²) >= 11 is 3.38. The van der Waals surface area contributed by atoms with Gasteiger partial charge in [-0.05, 0) is 60.7 Å². The highest BCUT2D eigenvalue weighted by atomic mass is 79.9. The number of benzene rings is 2. The third kappa shape index (κ3) is 3.37. The van der Waals surface area contributed by atoms with Crippen molar-refractivity contribution < 1.29 is 14.0 Å². The van der Waals surface area contributed by atoms with Crippen molar-refractivity contribution >= 4 is 39.0 Å². The summed E-state index contributed by atoms with van der Waals surface area (Å²) in [6.07, 6.45) is 1.94. The predicted octanol–water partition coefficient (Wildman–Crippen LogP) is 4.60. The molecule has 2 heterocycles. The zero-order chi connectivity index (χ0) is 19.8.